The summed E-state index contributed by atoms with van der Waals surface area (Å²) >= 11 is 0. The number of rotatable bonds is 4. The SMILES string of the molecule is CCOC(=O)CC1(N(O)C(=O)OC(C)(C)C)C(=O)NN=C1C. The number of nitrogens with zero attached hydrogens (tertiary/aromatic N) is 2. The average Bonchev–Trinajstić information content (AvgIpc) is 2.65. The average molecular weight is 315 g/mol. The van der Waals surface area contributed by atoms with Crippen molar-refractivity contribution >= 4 is 23.7 Å². The third-order valence-electron chi connectivity index (χ3n) is 2.93. The highest BCUT2D eigenvalue weighted by Gasteiger charge is 2.55. The summed E-state index contributed by atoms with van der Waals surface area (Å²) in [5.74, 6) is -1.57. The molecule has 0 radical (unpaired) electrons. The van der Waals surface area contributed by atoms with Crippen LogP contribution in [-0.4, -0.2) is 51.7 Å². The molecule has 22 heavy (non-hydrogen) atoms. The molecule has 1 aliphatic rings. The Kier molecular flexibility index (Phi) is 5.13. The van der Waals surface area contributed by atoms with E-state index in [-0.39, 0.29) is 17.4 Å². The van der Waals surface area contributed by atoms with Gasteiger partial charge in [-0.25, -0.2) is 10.2 Å². The molecule has 9 nitrogen and oxygen atoms in total. The molecular weight excluding hydrogens is 294 g/mol. The Bertz CT molecular complexity index is 510. The van der Waals surface area contributed by atoms with Crippen molar-refractivity contribution in [2.24, 2.45) is 5.10 Å². The Morgan fingerprint density at radius 1 is 1.41 bits per heavy atom. The van der Waals surface area contributed by atoms with Gasteiger partial charge in [0.25, 0.3) is 5.91 Å². The smallest absolute Gasteiger partial charge is 0.435 e. The summed E-state index contributed by atoms with van der Waals surface area (Å²) in [4.78, 5) is 35.9. The Balaban J connectivity index is 3.11. The van der Waals surface area contributed by atoms with Crippen LogP contribution in [0.2, 0.25) is 0 Å². The van der Waals surface area contributed by atoms with Crippen LogP contribution < -0.4 is 5.43 Å². The summed E-state index contributed by atoms with van der Waals surface area (Å²) in [6.45, 7) is 7.92. The number of nitrogens with one attached hydrogen (secondary N) is 1. The van der Waals surface area contributed by atoms with Crippen LogP contribution in [0, 0.1) is 0 Å². The second-order valence-corrected chi connectivity index (χ2v) is 5.77. The van der Waals surface area contributed by atoms with Crippen LogP contribution in [-0.2, 0) is 19.1 Å². The summed E-state index contributed by atoms with van der Waals surface area (Å²) in [5.41, 5.74) is -0.671. The zero-order valence-electron chi connectivity index (χ0n) is 13.3. The van der Waals surface area contributed by atoms with Crippen molar-refractivity contribution in [3.63, 3.8) is 0 Å². The first-order valence-electron chi connectivity index (χ1n) is 6.77. The maximum absolute atomic E-state index is 12.1. The van der Waals surface area contributed by atoms with E-state index in [1.165, 1.54) is 6.92 Å². The van der Waals surface area contributed by atoms with Gasteiger partial charge in [0.2, 0.25) is 5.54 Å². The van der Waals surface area contributed by atoms with Crippen LogP contribution in [0.3, 0.4) is 0 Å². The highest BCUT2D eigenvalue weighted by Crippen LogP contribution is 2.27. The van der Waals surface area contributed by atoms with Crippen molar-refractivity contribution in [2.45, 2.75) is 52.2 Å². The first kappa shape index (κ1) is 17.9. The lowest BCUT2D eigenvalue weighted by Crippen LogP contribution is -2.61. The Morgan fingerprint density at radius 2 is 2.00 bits per heavy atom. The predicted octanol–water partition coefficient (Wildman–Crippen LogP) is 0.810. The van der Waals surface area contributed by atoms with Crippen LogP contribution in [0.15, 0.2) is 5.10 Å². The topological polar surface area (TPSA) is 118 Å². The molecule has 0 spiro atoms. The summed E-state index contributed by atoms with van der Waals surface area (Å²) in [6.07, 6.45) is -1.74. The lowest BCUT2D eigenvalue weighted by Gasteiger charge is -2.34. The zero-order valence-corrected chi connectivity index (χ0v) is 13.3. The third kappa shape index (κ3) is 3.53. The number of hydrogen-bond acceptors (Lipinski definition) is 7. The van der Waals surface area contributed by atoms with Gasteiger partial charge in [0.05, 0.1) is 18.7 Å². The molecule has 2 amide bonds. The standard InChI is InChI=1S/C13H21N3O6/c1-6-21-9(17)7-13(8(2)14-15-10(13)18)16(20)11(19)22-12(3,4)5/h20H,6-7H2,1-5H3,(H,15,18). The number of ether oxygens (including phenoxy) is 2. The van der Waals surface area contributed by atoms with E-state index < -0.39 is 35.5 Å². The molecule has 0 aromatic rings. The van der Waals surface area contributed by atoms with Gasteiger partial charge in [-0.2, -0.15) is 10.2 Å². The van der Waals surface area contributed by atoms with Gasteiger partial charge in [0, 0.05) is 0 Å². The number of carbonyl (C=O) groups is 3. The van der Waals surface area contributed by atoms with Crippen molar-refractivity contribution in [3.8, 4) is 0 Å². The Hall–Kier alpha value is -2.16. The van der Waals surface area contributed by atoms with Crippen molar-refractivity contribution in [2.75, 3.05) is 6.61 Å². The van der Waals surface area contributed by atoms with Gasteiger partial charge in [0.15, 0.2) is 0 Å². The van der Waals surface area contributed by atoms with E-state index in [1.807, 2.05) is 0 Å². The first-order valence-corrected chi connectivity index (χ1v) is 6.77. The highest BCUT2D eigenvalue weighted by atomic mass is 16.6. The lowest BCUT2D eigenvalue weighted by molar-refractivity contribution is -0.169. The van der Waals surface area contributed by atoms with E-state index in [4.69, 9.17) is 9.47 Å². The number of hydrogen-bond donors (Lipinski definition) is 2. The summed E-state index contributed by atoms with van der Waals surface area (Å²) in [7, 11) is 0. The minimum absolute atomic E-state index is 0.0545. The second kappa shape index (κ2) is 6.30. The number of hydrazone groups is 1. The van der Waals surface area contributed by atoms with Crippen LogP contribution in [0.5, 0.6) is 0 Å². The molecule has 0 aromatic heterocycles. The van der Waals surface area contributed by atoms with Crippen molar-refractivity contribution < 1.29 is 29.1 Å². The van der Waals surface area contributed by atoms with E-state index in [0.717, 1.165) is 0 Å². The van der Waals surface area contributed by atoms with Gasteiger partial charge in [0.1, 0.15) is 5.60 Å². The van der Waals surface area contributed by atoms with E-state index in [0.29, 0.717) is 0 Å². The summed E-state index contributed by atoms with van der Waals surface area (Å²) < 4.78 is 9.82. The van der Waals surface area contributed by atoms with Gasteiger partial charge < -0.3 is 9.47 Å². The Labute approximate surface area is 128 Å². The largest absolute Gasteiger partial charge is 0.466 e. The zero-order chi connectivity index (χ0) is 17.1. The molecule has 0 aromatic carbocycles. The van der Waals surface area contributed by atoms with E-state index >= 15 is 0 Å². The summed E-state index contributed by atoms with van der Waals surface area (Å²) in [6, 6.07) is 0. The van der Waals surface area contributed by atoms with Crippen molar-refractivity contribution in [1.82, 2.24) is 10.5 Å². The fourth-order valence-electron chi connectivity index (χ4n) is 1.90. The predicted molar refractivity (Wildman–Crippen MR) is 75.1 cm³/mol. The number of amides is 2. The number of esters is 1. The van der Waals surface area contributed by atoms with E-state index in [1.54, 1.807) is 27.7 Å². The molecule has 0 fully saturated rings. The normalized spacial score (nSPS) is 21.0. The minimum Gasteiger partial charge on any atom is -0.466 e. The number of carbonyl (C=O) groups excluding carboxylic acids is 3. The molecule has 1 atom stereocenters. The van der Waals surface area contributed by atoms with Crippen LogP contribution in [0.25, 0.3) is 0 Å². The van der Waals surface area contributed by atoms with Crippen LogP contribution >= 0.6 is 0 Å². The molecule has 0 aliphatic carbocycles. The van der Waals surface area contributed by atoms with Crippen LogP contribution in [0.1, 0.15) is 41.0 Å². The molecular formula is C13H21N3O6. The molecule has 9 heteroatoms. The molecule has 124 valence electrons. The molecule has 1 rings (SSSR count). The first-order chi connectivity index (χ1) is 10.0. The molecule has 1 heterocycles. The second-order valence-electron chi connectivity index (χ2n) is 5.77. The van der Waals surface area contributed by atoms with Gasteiger partial charge in [-0.15, -0.1) is 0 Å². The monoisotopic (exact) mass is 315 g/mol. The van der Waals surface area contributed by atoms with Gasteiger partial charge >= 0.3 is 12.1 Å². The molecule has 0 saturated carbocycles. The molecule has 0 saturated heterocycles. The van der Waals surface area contributed by atoms with Crippen LogP contribution in [0.4, 0.5) is 4.79 Å². The van der Waals surface area contributed by atoms with Crippen molar-refractivity contribution in [3.05, 3.63) is 0 Å². The fraction of sp³-hybridized carbons (Fsp3) is 0.692. The van der Waals surface area contributed by atoms with Gasteiger partial charge in [-0.1, -0.05) is 0 Å². The summed E-state index contributed by atoms with van der Waals surface area (Å²) in [5, 5.41) is 14.0. The van der Waals surface area contributed by atoms with Gasteiger partial charge in [-0.3, -0.25) is 14.8 Å². The lowest BCUT2D eigenvalue weighted by atomic mass is 9.89. The van der Waals surface area contributed by atoms with E-state index in [9.17, 15) is 19.6 Å². The quantitative estimate of drug-likeness (QED) is 0.450. The molecule has 2 N–H and O–H groups in total. The van der Waals surface area contributed by atoms with Gasteiger partial charge in [-0.05, 0) is 34.6 Å². The van der Waals surface area contributed by atoms with E-state index in [2.05, 4.69) is 10.5 Å². The highest BCUT2D eigenvalue weighted by molar-refractivity contribution is 6.18. The third-order valence-corrected chi connectivity index (χ3v) is 2.93. The fourth-order valence-corrected chi connectivity index (χ4v) is 1.90. The number of hydroxylamine groups is 2. The molecule has 0 bridgehead atoms. The maximum atomic E-state index is 12.1. The molecule has 1 aliphatic heterocycles. The molecule has 1 unspecified atom stereocenters. The minimum atomic E-state index is -1.98. The van der Waals surface area contributed by atoms with Crippen molar-refractivity contribution in [1.29, 1.82) is 0 Å². The Morgan fingerprint density at radius 3 is 2.41 bits per heavy atom. The maximum Gasteiger partial charge on any atom is 0.435 e.